The second kappa shape index (κ2) is 4.94. The third-order valence-electron chi connectivity index (χ3n) is 3.75. The second-order valence-electron chi connectivity index (χ2n) is 5.06. The van der Waals surface area contributed by atoms with Gasteiger partial charge in [0.2, 0.25) is 0 Å². The summed E-state index contributed by atoms with van der Waals surface area (Å²) in [4.78, 5) is 11.8. The topological polar surface area (TPSA) is 29.0 Å². The van der Waals surface area contributed by atoms with Crippen molar-refractivity contribution in [3.8, 4) is 0 Å². The monoisotopic (exact) mass is 261 g/mol. The number of fused-ring (bicyclic) bond motifs is 1. The lowest BCUT2D eigenvalue weighted by Gasteiger charge is -2.31. The predicted molar refractivity (Wildman–Crippen MR) is 76.0 cm³/mol. The van der Waals surface area contributed by atoms with Crippen LogP contribution in [0.3, 0.4) is 0 Å². The van der Waals surface area contributed by atoms with Crippen molar-refractivity contribution in [2.75, 3.05) is 13.1 Å². The Morgan fingerprint density at radius 2 is 1.94 bits per heavy atom. The first-order valence-corrected chi connectivity index (χ1v) is 7.54. The van der Waals surface area contributed by atoms with Crippen LogP contribution in [0.4, 0.5) is 0 Å². The van der Waals surface area contributed by atoms with E-state index < -0.39 is 0 Å². The summed E-state index contributed by atoms with van der Waals surface area (Å²) in [5.74, 6) is 0. The molecular weight excluding hydrogens is 242 g/mol. The number of hydrogen-bond donors (Lipinski definition) is 0. The molecule has 1 aliphatic rings. The van der Waals surface area contributed by atoms with Crippen molar-refractivity contribution in [2.24, 2.45) is 0 Å². The van der Waals surface area contributed by atoms with Crippen LogP contribution in [0.2, 0.25) is 0 Å². The third-order valence-corrected chi connectivity index (χ3v) is 4.67. The van der Waals surface area contributed by atoms with Crippen molar-refractivity contribution >= 4 is 21.7 Å². The van der Waals surface area contributed by atoms with Gasteiger partial charge in [0.1, 0.15) is 0 Å². The number of hydrogen-bond acceptors (Lipinski definition) is 4. The highest BCUT2D eigenvalue weighted by molar-refractivity contribution is 7.18. The van der Waals surface area contributed by atoms with Crippen LogP contribution < -0.4 is 0 Å². The summed E-state index contributed by atoms with van der Waals surface area (Å²) in [7, 11) is 0. The highest BCUT2D eigenvalue weighted by atomic mass is 32.1. The van der Waals surface area contributed by atoms with Crippen molar-refractivity contribution in [1.82, 2.24) is 14.9 Å². The maximum Gasteiger partial charge on any atom is 0.170 e. The van der Waals surface area contributed by atoms with Gasteiger partial charge in [0.15, 0.2) is 5.65 Å². The van der Waals surface area contributed by atoms with Crippen LogP contribution in [0.25, 0.3) is 10.3 Å². The molecule has 1 fully saturated rings. The molecule has 0 amide bonds. The fourth-order valence-corrected chi connectivity index (χ4v) is 3.44. The number of aromatic nitrogens is 2. The van der Waals surface area contributed by atoms with Crippen LogP contribution in [0.15, 0.2) is 12.1 Å². The SMILES string of the molecule is Cc1nc2nc(C(C)N3CCCCC3)ccc2s1. The summed E-state index contributed by atoms with van der Waals surface area (Å²) in [5, 5.41) is 1.10. The summed E-state index contributed by atoms with van der Waals surface area (Å²) in [6.07, 6.45) is 4.02. The molecule has 3 rings (SSSR count). The van der Waals surface area contributed by atoms with E-state index in [1.54, 1.807) is 11.3 Å². The summed E-state index contributed by atoms with van der Waals surface area (Å²) in [5.41, 5.74) is 2.08. The number of thiazole rings is 1. The van der Waals surface area contributed by atoms with Gasteiger partial charge in [0, 0.05) is 6.04 Å². The van der Waals surface area contributed by atoms with Gasteiger partial charge < -0.3 is 0 Å². The molecule has 96 valence electrons. The predicted octanol–water partition coefficient (Wildman–Crippen LogP) is 3.55. The number of aryl methyl sites for hydroxylation is 1. The fourth-order valence-electron chi connectivity index (χ4n) is 2.67. The molecule has 0 saturated carbocycles. The van der Waals surface area contributed by atoms with E-state index in [1.807, 2.05) is 6.92 Å². The first-order valence-electron chi connectivity index (χ1n) is 6.72. The van der Waals surface area contributed by atoms with E-state index in [1.165, 1.54) is 37.1 Å². The molecule has 2 aromatic heterocycles. The molecule has 0 aromatic carbocycles. The number of rotatable bonds is 2. The van der Waals surface area contributed by atoms with E-state index in [0.717, 1.165) is 16.3 Å². The van der Waals surface area contributed by atoms with Crippen molar-refractivity contribution in [2.45, 2.75) is 39.2 Å². The van der Waals surface area contributed by atoms with E-state index in [0.29, 0.717) is 6.04 Å². The quantitative estimate of drug-likeness (QED) is 0.828. The van der Waals surface area contributed by atoms with Gasteiger partial charge in [-0.05, 0) is 51.9 Å². The van der Waals surface area contributed by atoms with Crippen LogP contribution in [0.5, 0.6) is 0 Å². The number of piperidine rings is 1. The first-order chi connectivity index (χ1) is 8.74. The Morgan fingerprint density at radius 1 is 1.17 bits per heavy atom. The van der Waals surface area contributed by atoms with Crippen molar-refractivity contribution in [3.05, 3.63) is 22.8 Å². The Labute approximate surface area is 112 Å². The largest absolute Gasteiger partial charge is 0.295 e. The smallest absolute Gasteiger partial charge is 0.170 e. The molecule has 0 aliphatic carbocycles. The summed E-state index contributed by atoms with van der Waals surface area (Å²) in [6, 6.07) is 4.75. The van der Waals surface area contributed by atoms with E-state index in [4.69, 9.17) is 4.98 Å². The van der Waals surface area contributed by atoms with Gasteiger partial charge in [0.25, 0.3) is 0 Å². The molecule has 3 nitrogen and oxygen atoms in total. The van der Waals surface area contributed by atoms with E-state index >= 15 is 0 Å². The molecule has 0 radical (unpaired) electrons. The normalized spacial score (nSPS) is 19.2. The zero-order valence-electron chi connectivity index (χ0n) is 11.0. The van der Waals surface area contributed by atoms with Crippen molar-refractivity contribution < 1.29 is 0 Å². The zero-order chi connectivity index (χ0) is 12.5. The van der Waals surface area contributed by atoms with Gasteiger partial charge in [-0.2, -0.15) is 0 Å². The summed E-state index contributed by atoms with van der Waals surface area (Å²) >= 11 is 1.72. The molecule has 4 heteroatoms. The summed E-state index contributed by atoms with van der Waals surface area (Å²) < 4.78 is 1.20. The molecule has 1 unspecified atom stereocenters. The van der Waals surface area contributed by atoms with Gasteiger partial charge >= 0.3 is 0 Å². The molecule has 1 saturated heterocycles. The zero-order valence-corrected chi connectivity index (χ0v) is 11.8. The molecule has 0 spiro atoms. The van der Waals surface area contributed by atoms with Crippen LogP contribution in [0, 0.1) is 6.92 Å². The Balaban J connectivity index is 1.88. The Kier molecular flexibility index (Phi) is 3.31. The van der Waals surface area contributed by atoms with Crippen LogP contribution >= 0.6 is 11.3 Å². The number of likely N-dealkylation sites (tertiary alicyclic amines) is 1. The highest BCUT2D eigenvalue weighted by Crippen LogP contribution is 2.26. The molecule has 0 N–H and O–H groups in total. The van der Waals surface area contributed by atoms with Gasteiger partial charge in [-0.25, -0.2) is 9.97 Å². The standard InChI is InChI=1S/C14H19N3S/c1-10(17-8-4-3-5-9-17)12-6-7-13-14(16-12)15-11(2)18-13/h6-7,10H,3-5,8-9H2,1-2H3. The molecular formula is C14H19N3S. The lowest BCUT2D eigenvalue weighted by atomic mass is 10.1. The lowest BCUT2D eigenvalue weighted by Crippen LogP contribution is -2.32. The van der Waals surface area contributed by atoms with Gasteiger partial charge in [-0.15, -0.1) is 11.3 Å². The van der Waals surface area contributed by atoms with Gasteiger partial charge in [-0.3, -0.25) is 4.90 Å². The molecule has 3 heterocycles. The average Bonchev–Trinajstić information content (AvgIpc) is 2.78. The maximum atomic E-state index is 4.73. The first kappa shape index (κ1) is 12.1. The van der Waals surface area contributed by atoms with Crippen LogP contribution in [-0.2, 0) is 0 Å². The maximum absolute atomic E-state index is 4.73. The molecule has 1 aliphatic heterocycles. The third kappa shape index (κ3) is 2.27. The lowest BCUT2D eigenvalue weighted by molar-refractivity contribution is 0.172. The molecule has 2 aromatic rings. The molecule has 1 atom stereocenters. The van der Waals surface area contributed by atoms with Gasteiger partial charge in [0.05, 0.1) is 15.4 Å². The van der Waals surface area contributed by atoms with E-state index in [9.17, 15) is 0 Å². The number of nitrogens with zero attached hydrogens (tertiary/aromatic N) is 3. The minimum absolute atomic E-state index is 0.414. The Bertz CT molecular complexity index is 543. The number of pyridine rings is 1. The minimum Gasteiger partial charge on any atom is -0.295 e. The average molecular weight is 261 g/mol. The van der Waals surface area contributed by atoms with Crippen LogP contribution in [0.1, 0.15) is 42.9 Å². The van der Waals surface area contributed by atoms with Crippen molar-refractivity contribution in [1.29, 1.82) is 0 Å². The van der Waals surface area contributed by atoms with Crippen LogP contribution in [-0.4, -0.2) is 28.0 Å². The summed E-state index contributed by atoms with van der Waals surface area (Å²) in [6.45, 7) is 6.72. The molecule has 18 heavy (non-hydrogen) atoms. The Morgan fingerprint density at radius 3 is 2.72 bits per heavy atom. The fraction of sp³-hybridized carbons (Fsp3) is 0.571. The minimum atomic E-state index is 0.414. The van der Waals surface area contributed by atoms with Crippen molar-refractivity contribution in [3.63, 3.8) is 0 Å². The second-order valence-corrected chi connectivity index (χ2v) is 6.30. The van der Waals surface area contributed by atoms with Gasteiger partial charge in [-0.1, -0.05) is 6.42 Å². The Hall–Kier alpha value is -1.00. The van der Waals surface area contributed by atoms with E-state index in [2.05, 4.69) is 28.9 Å². The molecule has 0 bridgehead atoms. The van der Waals surface area contributed by atoms with E-state index in [-0.39, 0.29) is 0 Å². The highest BCUT2D eigenvalue weighted by Gasteiger charge is 2.19.